The Balaban J connectivity index is 1.67. The van der Waals surface area contributed by atoms with Crippen LogP contribution in [0, 0.1) is 6.92 Å². The summed E-state index contributed by atoms with van der Waals surface area (Å²) in [5, 5.41) is 0.805. The van der Waals surface area contributed by atoms with Gasteiger partial charge in [0.1, 0.15) is 0 Å². The summed E-state index contributed by atoms with van der Waals surface area (Å²) in [5.74, 6) is 0. The van der Waals surface area contributed by atoms with E-state index >= 15 is 0 Å². The second-order valence-electron chi connectivity index (χ2n) is 7.46. The second kappa shape index (κ2) is 7.89. The molecule has 0 spiro atoms. The zero-order valence-corrected chi connectivity index (χ0v) is 18.0. The van der Waals surface area contributed by atoms with E-state index in [1.807, 2.05) is 43.3 Å². The molecule has 8 heteroatoms. The Bertz CT molecular complexity index is 1140. The molecule has 0 aliphatic carbocycles. The lowest BCUT2D eigenvalue weighted by molar-refractivity contribution is 0.388. The van der Waals surface area contributed by atoms with E-state index in [0.29, 0.717) is 13.0 Å². The molecule has 3 heterocycles. The van der Waals surface area contributed by atoms with Crippen LogP contribution < -0.4 is 0 Å². The first-order valence-electron chi connectivity index (χ1n) is 9.55. The zero-order valence-electron chi connectivity index (χ0n) is 16.4. The van der Waals surface area contributed by atoms with Crippen molar-refractivity contribution in [3.8, 4) is 0 Å². The molecule has 1 atom stereocenters. The molecule has 0 bridgehead atoms. The maximum absolute atomic E-state index is 13.1. The molecule has 0 amide bonds. The zero-order chi connectivity index (χ0) is 20.6. The Labute approximate surface area is 176 Å². The van der Waals surface area contributed by atoms with E-state index in [9.17, 15) is 8.42 Å². The van der Waals surface area contributed by atoms with Crippen LogP contribution in [0.2, 0.25) is 5.02 Å². The quantitative estimate of drug-likeness (QED) is 0.615. The van der Waals surface area contributed by atoms with Crippen LogP contribution in [0.3, 0.4) is 0 Å². The number of imidazole rings is 1. The number of benzene rings is 1. The first kappa shape index (κ1) is 20.1. The number of hydrogen-bond acceptors (Lipinski definition) is 4. The van der Waals surface area contributed by atoms with Gasteiger partial charge >= 0.3 is 0 Å². The van der Waals surface area contributed by atoms with Crippen molar-refractivity contribution in [2.24, 2.45) is 7.05 Å². The van der Waals surface area contributed by atoms with Gasteiger partial charge in [-0.3, -0.25) is 4.98 Å². The van der Waals surface area contributed by atoms with Gasteiger partial charge in [0.25, 0.3) is 10.0 Å². The van der Waals surface area contributed by atoms with Crippen LogP contribution in [-0.2, 0) is 23.5 Å². The molecule has 0 saturated carbocycles. The third-order valence-electron chi connectivity index (χ3n) is 5.18. The Morgan fingerprint density at radius 2 is 2.03 bits per heavy atom. The van der Waals surface area contributed by atoms with Crippen molar-refractivity contribution in [1.29, 1.82) is 0 Å². The van der Waals surface area contributed by atoms with Gasteiger partial charge < -0.3 is 4.57 Å². The van der Waals surface area contributed by atoms with Gasteiger partial charge in [-0.15, -0.1) is 0 Å². The number of nitrogens with zero attached hydrogens (tertiary/aromatic N) is 4. The maximum Gasteiger partial charge on any atom is 0.262 e. The molecule has 1 unspecified atom stereocenters. The SMILES string of the molecule is Cc1cc(Cc2ccccc2Cl)cc(C2CCCN2S(=O)(=O)c2cn(C)cn2)n1. The predicted octanol–water partition coefficient (Wildman–Crippen LogP) is 3.89. The maximum atomic E-state index is 13.1. The van der Waals surface area contributed by atoms with Crippen molar-refractivity contribution in [2.75, 3.05) is 6.54 Å². The first-order chi connectivity index (χ1) is 13.8. The normalized spacial score (nSPS) is 17.7. The molecule has 1 aromatic carbocycles. The topological polar surface area (TPSA) is 68.1 Å². The monoisotopic (exact) mass is 430 g/mol. The van der Waals surface area contributed by atoms with E-state index in [4.69, 9.17) is 11.6 Å². The van der Waals surface area contributed by atoms with Gasteiger partial charge in [0, 0.05) is 30.5 Å². The van der Waals surface area contributed by atoms with Crippen LogP contribution in [0.4, 0.5) is 0 Å². The Kier molecular flexibility index (Phi) is 5.46. The van der Waals surface area contributed by atoms with Crippen LogP contribution >= 0.6 is 11.6 Å². The Hall–Kier alpha value is -2.22. The Morgan fingerprint density at radius 3 is 2.76 bits per heavy atom. The highest BCUT2D eigenvalue weighted by atomic mass is 35.5. The molecule has 3 aromatic rings. The second-order valence-corrected chi connectivity index (χ2v) is 9.71. The molecule has 0 radical (unpaired) electrons. The number of rotatable bonds is 5. The molecular formula is C21H23ClN4O2S. The van der Waals surface area contributed by atoms with E-state index < -0.39 is 10.0 Å². The standard InChI is InChI=1S/C21H23ClN4O2S/c1-15-10-16(11-17-6-3-4-7-18(17)22)12-19(24-15)20-8-5-9-26(20)29(27,28)21-13-25(2)14-23-21/h3-4,6-7,10,12-14,20H,5,8-9,11H2,1-2H3. The molecular weight excluding hydrogens is 408 g/mol. The summed E-state index contributed by atoms with van der Waals surface area (Å²) in [6.07, 6.45) is 5.26. The molecule has 0 N–H and O–H groups in total. The van der Waals surface area contributed by atoms with E-state index in [-0.39, 0.29) is 11.1 Å². The van der Waals surface area contributed by atoms with Crippen molar-refractivity contribution in [2.45, 2.75) is 37.3 Å². The summed E-state index contributed by atoms with van der Waals surface area (Å²) in [6.45, 7) is 2.41. The van der Waals surface area contributed by atoms with Crippen molar-refractivity contribution in [3.05, 3.63) is 76.5 Å². The van der Waals surface area contributed by atoms with Crippen LogP contribution in [0.1, 0.15) is 41.4 Å². The van der Waals surface area contributed by atoms with Gasteiger partial charge in [0.15, 0.2) is 5.03 Å². The molecule has 6 nitrogen and oxygen atoms in total. The van der Waals surface area contributed by atoms with Crippen LogP contribution in [0.25, 0.3) is 0 Å². The van der Waals surface area contributed by atoms with Gasteiger partial charge in [-0.2, -0.15) is 4.31 Å². The number of sulfonamides is 1. The summed E-state index contributed by atoms with van der Waals surface area (Å²) in [5.41, 5.74) is 3.76. The van der Waals surface area contributed by atoms with Gasteiger partial charge in [0.2, 0.25) is 0 Å². The summed E-state index contributed by atoms with van der Waals surface area (Å²) in [4.78, 5) is 8.74. The van der Waals surface area contributed by atoms with Crippen molar-refractivity contribution < 1.29 is 8.42 Å². The summed E-state index contributed by atoms with van der Waals surface area (Å²) in [7, 11) is -1.91. The molecule has 1 aliphatic rings. The third kappa shape index (κ3) is 4.08. The Morgan fingerprint density at radius 1 is 1.24 bits per heavy atom. The average Bonchev–Trinajstić information content (AvgIpc) is 3.33. The smallest absolute Gasteiger partial charge is 0.262 e. The van der Waals surface area contributed by atoms with Gasteiger partial charge in [-0.1, -0.05) is 29.8 Å². The van der Waals surface area contributed by atoms with E-state index in [1.54, 1.807) is 11.6 Å². The number of hydrogen-bond donors (Lipinski definition) is 0. The fraction of sp³-hybridized carbons (Fsp3) is 0.333. The molecule has 1 saturated heterocycles. The third-order valence-corrected chi connectivity index (χ3v) is 7.35. The minimum absolute atomic E-state index is 0.0795. The fourth-order valence-corrected chi connectivity index (χ4v) is 5.71. The fourth-order valence-electron chi connectivity index (χ4n) is 3.87. The van der Waals surface area contributed by atoms with Crippen LogP contribution in [-0.4, -0.2) is 33.8 Å². The van der Waals surface area contributed by atoms with Gasteiger partial charge in [-0.25, -0.2) is 13.4 Å². The summed E-state index contributed by atoms with van der Waals surface area (Å²) >= 11 is 6.32. The average molecular weight is 431 g/mol. The summed E-state index contributed by atoms with van der Waals surface area (Å²) < 4.78 is 29.5. The highest BCUT2D eigenvalue weighted by Crippen LogP contribution is 2.36. The lowest BCUT2D eigenvalue weighted by Gasteiger charge is -2.23. The number of halogens is 1. The molecule has 2 aromatic heterocycles. The van der Waals surface area contributed by atoms with Crippen molar-refractivity contribution in [1.82, 2.24) is 18.8 Å². The van der Waals surface area contributed by atoms with Crippen LogP contribution in [0.15, 0.2) is 53.9 Å². The molecule has 1 fully saturated rings. The van der Waals surface area contributed by atoms with E-state index in [1.165, 1.54) is 16.8 Å². The number of aryl methyl sites for hydroxylation is 2. The predicted molar refractivity (Wildman–Crippen MR) is 112 cm³/mol. The molecule has 29 heavy (non-hydrogen) atoms. The highest BCUT2D eigenvalue weighted by molar-refractivity contribution is 7.89. The van der Waals surface area contributed by atoms with Gasteiger partial charge in [-0.05, 0) is 55.5 Å². The van der Waals surface area contributed by atoms with Crippen molar-refractivity contribution in [3.63, 3.8) is 0 Å². The largest absolute Gasteiger partial charge is 0.339 e. The van der Waals surface area contributed by atoms with Crippen molar-refractivity contribution >= 4 is 21.6 Å². The molecule has 4 rings (SSSR count). The minimum atomic E-state index is -3.67. The van der Waals surface area contributed by atoms with Gasteiger partial charge in [0.05, 0.1) is 18.1 Å². The number of pyridine rings is 1. The van der Waals surface area contributed by atoms with E-state index in [0.717, 1.165) is 40.4 Å². The van der Waals surface area contributed by atoms with Crippen LogP contribution in [0.5, 0.6) is 0 Å². The minimum Gasteiger partial charge on any atom is -0.339 e. The lowest BCUT2D eigenvalue weighted by atomic mass is 10.0. The van der Waals surface area contributed by atoms with E-state index in [2.05, 4.69) is 9.97 Å². The first-order valence-corrected chi connectivity index (χ1v) is 11.4. The molecule has 1 aliphatic heterocycles. The summed E-state index contributed by atoms with van der Waals surface area (Å²) in [6, 6.07) is 11.5. The lowest BCUT2D eigenvalue weighted by Crippen LogP contribution is -2.31. The highest BCUT2D eigenvalue weighted by Gasteiger charge is 2.38. The number of aromatic nitrogens is 3. The molecule has 152 valence electrons.